The number of benzene rings is 1. The van der Waals surface area contributed by atoms with Gasteiger partial charge in [-0.15, -0.1) is 0 Å². The van der Waals surface area contributed by atoms with Crippen molar-refractivity contribution in [3.8, 4) is 5.75 Å². The van der Waals surface area contributed by atoms with Crippen LogP contribution in [0, 0.1) is 5.92 Å². The topological polar surface area (TPSA) is 48.1 Å². The Balaban J connectivity index is 1.79. The van der Waals surface area contributed by atoms with E-state index in [0.29, 0.717) is 5.92 Å². The van der Waals surface area contributed by atoms with Gasteiger partial charge in [0.25, 0.3) is 0 Å². The lowest BCUT2D eigenvalue weighted by atomic mass is 9.90. The largest absolute Gasteiger partial charge is 0.493 e. The van der Waals surface area contributed by atoms with E-state index in [2.05, 4.69) is 4.98 Å². The average Bonchev–Trinajstić information content (AvgIpc) is 2.48. The van der Waals surface area contributed by atoms with Crippen molar-refractivity contribution in [2.75, 3.05) is 12.3 Å². The number of anilines is 1. The monoisotopic (exact) mass is 256 g/mol. The molecule has 0 amide bonds. The van der Waals surface area contributed by atoms with Crippen LogP contribution in [0.2, 0.25) is 0 Å². The fourth-order valence-electron chi connectivity index (χ4n) is 2.87. The van der Waals surface area contributed by atoms with Gasteiger partial charge >= 0.3 is 0 Å². The quantitative estimate of drug-likeness (QED) is 0.850. The average molecular weight is 256 g/mol. The van der Waals surface area contributed by atoms with E-state index in [-0.39, 0.29) is 0 Å². The van der Waals surface area contributed by atoms with Crippen LogP contribution in [0.5, 0.6) is 5.75 Å². The van der Waals surface area contributed by atoms with Crippen LogP contribution >= 0.6 is 0 Å². The fraction of sp³-hybridized carbons (Fsp3) is 0.438. The number of aromatic nitrogens is 1. The highest BCUT2D eigenvalue weighted by atomic mass is 16.5. The summed E-state index contributed by atoms with van der Waals surface area (Å²) in [5.41, 5.74) is 6.76. The summed E-state index contributed by atoms with van der Waals surface area (Å²) in [5.74, 6) is 1.61. The lowest BCUT2D eigenvalue weighted by Crippen LogP contribution is -2.15. The van der Waals surface area contributed by atoms with Gasteiger partial charge in [-0.25, -0.2) is 0 Å². The number of nitrogens with zero attached hydrogens (tertiary/aromatic N) is 1. The molecule has 1 aromatic heterocycles. The summed E-state index contributed by atoms with van der Waals surface area (Å²) >= 11 is 0. The summed E-state index contributed by atoms with van der Waals surface area (Å²) in [7, 11) is 0. The summed E-state index contributed by atoms with van der Waals surface area (Å²) < 4.78 is 6.02. The first kappa shape index (κ1) is 12.3. The molecule has 0 spiro atoms. The van der Waals surface area contributed by atoms with E-state index < -0.39 is 0 Å². The molecule has 100 valence electrons. The predicted molar refractivity (Wildman–Crippen MR) is 78.2 cm³/mol. The molecule has 2 N–H and O–H groups in total. The van der Waals surface area contributed by atoms with E-state index in [4.69, 9.17) is 10.5 Å². The highest BCUT2D eigenvalue weighted by Crippen LogP contribution is 2.31. The fourth-order valence-corrected chi connectivity index (χ4v) is 2.87. The molecule has 3 rings (SSSR count). The van der Waals surface area contributed by atoms with Gasteiger partial charge in [0.15, 0.2) is 0 Å². The van der Waals surface area contributed by atoms with E-state index in [1.54, 1.807) is 6.20 Å². The number of fused-ring (bicyclic) bond motifs is 1. The molecular weight excluding hydrogens is 236 g/mol. The van der Waals surface area contributed by atoms with E-state index in [1.807, 2.05) is 24.4 Å². The molecule has 1 aliphatic rings. The Bertz CT molecular complexity index is 562. The number of nitrogen functional groups attached to an aromatic ring is 1. The minimum absolute atomic E-state index is 0.707. The second-order valence-electron chi connectivity index (χ2n) is 5.39. The molecule has 0 unspecified atom stereocenters. The van der Waals surface area contributed by atoms with E-state index in [1.165, 1.54) is 32.1 Å². The van der Waals surface area contributed by atoms with Crippen molar-refractivity contribution in [1.82, 2.24) is 4.98 Å². The SMILES string of the molecule is Nc1ccc(OCC2CCCCC2)c2cnccc12. The van der Waals surface area contributed by atoms with Crippen LogP contribution in [0.4, 0.5) is 5.69 Å². The Morgan fingerprint density at radius 3 is 2.79 bits per heavy atom. The number of hydrogen-bond donors (Lipinski definition) is 1. The summed E-state index contributed by atoms with van der Waals surface area (Å²) in [6.07, 6.45) is 10.3. The van der Waals surface area contributed by atoms with Crippen molar-refractivity contribution >= 4 is 16.5 Å². The van der Waals surface area contributed by atoms with E-state index in [9.17, 15) is 0 Å². The van der Waals surface area contributed by atoms with Gasteiger partial charge in [0, 0.05) is 28.9 Å². The van der Waals surface area contributed by atoms with Crippen molar-refractivity contribution in [1.29, 1.82) is 0 Å². The van der Waals surface area contributed by atoms with Gasteiger partial charge in [-0.3, -0.25) is 4.98 Å². The Morgan fingerprint density at radius 2 is 1.95 bits per heavy atom. The number of nitrogens with two attached hydrogens (primary N) is 1. The maximum atomic E-state index is 6.02. The molecule has 1 aromatic carbocycles. The van der Waals surface area contributed by atoms with Gasteiger partial charge < -0.3 is 10.5 Å². The van der Waals surface area contributed by atoms with Gasteiger partial charge in [0.2, 0.25) is 0 Å². The summed E-state index contributed by atoms with van der Waals surface area (Å²) in [4.78, 5) is 4.17. The third-order valence-corrected chi connectivity index (χ3v) is 4.01. The first-order chi connectivity index (χ1) is 9.34. The molecule has 1 aliphatic carbocycles. The smallest absolute Gasteiger partial charge is 0.128 e. The normalized spacial score (nSPS) is 16.6. The van der Waals surface area contributed by atoms with Crippen LogP contribution in [0.3, 0.4) is 0 Å². The molecule has 1 fully saturated rings. The second kappa shape index (κ2) is 5.47. The van der Waals surface area contributed by atoms with Gasteiger partial charge in [-0.05, 0) is 37.0 Å². The molecule has 3 nitrogen and oxygen atoms in total. The zero-order valence-corrected chi connectivity index (χ0v) is 11.1. The molecule has 0 radical (unpaired) electrons. The van der Waals surface area contributed by atoms with Crippen LogP contribution < -0.4 is 10.5 Å². The van der Waals surface area contributed by atoms with Crippen molar-refractivity contribution in [3.63, 3.8) is 0 Å². The number of rotatable bonds is 3. The Morgan fingerprint density at radius 1 is 1.11 bits per heavy atom. The molecule has 3 heteroatoms. The number of pyridine rings is 1. The molecular formula is C16H20N2O. The van der Waals surface area contributed by atoms with E-state index >= 15 is 0 Å². The maximum Gasteiger partial charge on any atom is 0.128 e. The van der Waals surface area contributed by atoms with Crippen LogP contribution in [0.15, 0.2) is 30.6 Å². The van der Waals surface area contributed by atoms with Gasteiger partial charge in [-0.2, -0.15) is 0 Å². The zero-order valence-electron chi connectivity index (χ0n) is 11.1. The number of ether oxygens (including phenoxy) is 1. The van der Waals surface area contributed by atoms with Crippen LogP contribution in [-0.4, -0.2) is 11.6 Å². The molecule has 0 bridgehead atoms. The molecule has 0 aliphatic heterocycles. The zero-order chi connectivity index (χ0) is 13.1. The van der Waals surface area contributed by atoms with Crippen LogP contribution in [0.25, 0.3) is 10.8 Å². The second-order valence-corrected chi connectivity index (χ2v) is 5.39. The summed E-state index contributed by atoms with van der Waals surface area (Å²) in [6, 6.07) is 5.82. The van der Waals surface area contributed by atoms with Gasteiger partial charge in [0.05, 0.1) is 6.61 Å². The standard InChI is InChI=1S/C16H20N2O/c17-15-6-7-16(14-10-18-9-8-13(14)15)19-11-12-4-2-1-3-5-12/h6-10,12H,1-5,11,17H2. The summed E-state index contributed by atoms with van der Waals surface area (Å²) in [6.45, 7) is 0.813. The van der Waals surface area contributed by atoms with Crippen molar-refractivity contribution in [2.45, 2.75) is 32.1 Å². The van der Waals surface area contributed by atoms with Crippen LogP contribution in [-0.2, 0) is 0 Å². The van der Waals surface area contributed by atoms with Gasteiger partial charge in [-0.1, -0.05) is 19.3 Å². The van der Waals surface area contributed by atoms with E-state index in [0.717, 1.165) is 28.8 Å². The number of hydrogen-bond acceptors (Lipinski definition) is 3. The Kier molecular flexibility index (Phi) is 3.53. The first-order valence-electron chi connectivity index (χ1n) is 7.09. The molecule has 19 heavy (non-hydrogen) atoms. The van der Waals surface area contributed by atoms with Crippen molar-refractivity contribution in [3.05, 3.63) is 30.6 Å². The van der Waals surface area contributed by atoms with Crippen molar-refractivity contribution in [2.24, 2.45) is 5.92 Å². The third-order valence-electron chi connectivity index (χ3n) is 4.01. The summed E-state index contributed by atoms with van der Waals surface area (Å²) in [5, 5.41) is 2.04. The Labute approximate surface area is 113 Å². The van der Waals surface area contributed by atoms with Gasteiger partial charge in [0.1, 0.15) is 5.75 Å². The lowest BCUT2D eigenvalue weighted by molar-refractivity contribution is 0.210. The highest BCUT2D eigenvalue weighted by molar-refractivity contribution is 5.96. The molecule has 2 aromatic rings. The predicted octanol–water partition coefficient (Wildman–Crippen LogP) is 3.78. The molecule has 0 atom stereocenters. The minimum atomic E-state index is 0.707. The molecule has 0 saturated heterocycles. The third kappa shape index (κ3) is 2.65. The Hall–Kier alpha value is -1.77. The van der Waals surface area contributed by atoms with Crippen molar-refractivity contribution < 1.29 is 4.74 Å². The minimum Gasteiger partial charge on any atom is -0.493 e. The molecule has 1 heterocycles. The first-order valence-corrected chi connectivity index (χ1v) is 7.09. The lowest BCUT2D eigenvalue weighted by Gasteiger charge is -2.22. The van der Waals surface area contributed by atoms with Crippen LogP contribution in [0.1, 0.15) is 32.1 Å². The highest BCUT2D eigenvalue weighted by Gasteiger charge is 2.14. The molecule has 1 saturated carbocycles. The maximum absolute atomic E-state index is 6.02.